The van der Waals surface area contributed by atoms with Crippen molar-refractivity contribution in [1.29, 1.82) is 0 Å². The van der Waals surface area contributed by atoms with E-state index >= 15 is 0 Å². The lowest BCUT2D eigenvalue weighted by molar-refractivity contribution is -0.0390. The summed E-state index contributed by atoms with van der Waals surface area (Å²) in [6, 6.07) is 5.03. The molecule has 2 fully saturated rings. The Labute approximate surface area is 238 Å². The summed E-state index contributed by atoms with van der Waals surface area (Å²) in [7, 11) is -5.53. The zero-order valence-electron chi connectivity index (χ0n) is 21.7. The van der Waals surface area contributed by atoms with Gasteiger partial charge in [0, 0.05) is 15.6 Å². The molecule has 42 heavy (non-hydrogen) atoms. The molecule has 1 amide bonds. The molecule has 5 N–H and O–H groups in total. The molecule has 220 valence electrons. The molecular formula is C22H25N9O9P2+2. The lowest BCUT2D eigenvalue weighted by Gasteiger charge is -2.13. The van der Waals surface area contributed by atoms with Gasteiger partial charge >= 0.3 is 16.5 Å². The quantitative estimate of drug-likeness (QED) is 0.202. The topological polar surface area (TPSA) is 244 Å². The first-order chi connectivity index (χ1) is 20.3. The Bertz CT molecular complexity index is 1670. The number of nitrogens with two attached hydrogens (primary N) is 2. The number of fused-ring (bicyclic) bond motifs is 2. The van der Waals surface area contributed by atoms with Crippen LogP contribution < -0.4 is 11.5 Å². The van der Waals surface area contributed by atoms with Gasteiger partial charge in [-0.1, -0.05) is 11.3 Å². The van der Waals surface area contributed by atoms with Gasteiger partial charge in [-0.3, -0.25) is 9.36 Å². The molecule has 2 aliphatic heterocycles. The number of rotatable bonds is 11. The Kier molecular flexibility index (Phi) is 8.11. The van der Waals surface area contributed by atoms with E-state index in [0.29, 0.717) is 35.0 Å². The van der Waals surface area contributed by atoms with Gasteiger partial charge in [0.05, 0.1) is 23.5 Å². The fourth-order valence-electron chi connectivity index (χ4n) is 5.00. The summed E-state index contributed by atoms with van der Waals surface area (Å²) < 4.78 is 55.1. The molecule has 1 aromatic carbocycles. The Balaban J connectivity index is 1.07. The minimum absolute atomic E-state index is 0.0338. The standard InChI is InChI=1S/C22H23N9O9P2/c23-20-19-22(26-9-25-20)30(10-27-19)17-6-14(15(39-17)8-36-41(33)34)40-42(35)37-7-11-4-5-16(38-11)31-13-3-1-2-12(21(24)32)18(13)28-29-31/h1-3,9-11,14-17H,4-8H2,(H3-2,23,24,25,26,32,33,34)/p+2/t11-,14-,15+,16+,17+/m0/s1. The first-order valence-electron chi connectivity index (χ1n) is 12.7. The SMILES string of the molecule is NC(=O)c1cccc2c1nnn2[C@H]1CC[C@@H](CO[P+](=O)O[C@H]2C[C@H](n3cnc4c(N)ncnc43)O[C@@H]2CO[P+](=O)O)O1. The number of aromatic nitrogens is 7. The van der Waals surface area contributed by atoms with Crippen LogP contribution in [0.2, 0.25) is 0 Å². The average molecular weight is 621 g/mol. The maximum absolute atomic E-state index is 12.8. The van der Waals surface area contributed by atoms with Crippen molar-refractivity contribution in [3.63, 3.8) is 0 Å². The van der Waals surface area contributed by atoms with Crippen LogP contribution in [0.3, 0.4) is 0 Å². The lowest BCUT2D eigenvalue weighted by atomic mass is 10.1. The van der Waals surface area contributed by atoms with Crippen LogP contribution in [0.1, 0.15) is 42.1 Å². The van der Waals surface area contributed by atoms with E-state index in [0.717, 1.165) is 0 Å². The number of benzene rings is 1. The molecule has 5 heterocycles. The predicted molar refractivity (Wildman–Crippen MR) is 142 cm³/mol. The van der Waals surface area contributed by atoms with Gasteiger partial charge in [0.2, 0.25) is 0 Å². The number of primary amides is 1. The number of hydrogen-bond donors (Lipinski definition) is 3. The highest BCUT2D eigenvalue weighted by molar-refractivity contribution is 7.33. The van der Waals surface area contributed by atoms with Crippen LogP contribution in [0, 0.1) is 0 Å². The normalized spacial score (nSPS) is 24.9. The molecule has 2 saturated heterocycles. The number of carbonyl (C=O) groups is 1. The van der Waals surface area contributed by atoms with Crippen molar-refractivity contribution in [2.24, 2.45) is 5.73 Å². The summed E-state index contributed by atoms with van der Waals surface area (Å²) in [6.45, 7) is -0.329. The smallest absolute Gasteiger partial charge is 0.382 e. The zero-order chi connectivity index (χ0) is 29.4. The Morgan fingerprint density at radius 2 is 1.95 bits per heavy atom. The Hall–Kier alpha value is -3.60. The highest BCUT2D eigenvalue weighted by atomic mass is 31.1. The van der Waals surface area contributed by atoms with Crippen LogP contribution in [0.5, 0.6) is 0 Å². The van der Waals surface area contributed by atoms with Gasteiger partial charge < -0.3 is 20.9 Å². The van der Waals surface area contributed by atoms with Crippen molar-refractivity contribution in [1.82, 2.24) is 34.5 Å². The van der Waals surface area contributed by atoms with Crippen molar-refractivity contribution in [3.05, 3.63) is 36.4 Å². The van der Waals surface area contributed by atoms with E-state index in [2.05, 4.69) is 25.3 Å². The van der Waals surface area contributed by atoms with Crippen LogP contribution in [-0.2, 0) is 32.2 Å². The number of amides is 1. The first kappa shape index (κ1) is 28.5. The second kappa shape index (κ2) is 11.9. The number of ether oxygens (including phenoxy) is 2. The zero-order valence-corrected chi connectivity index (χ0v) is 23.5. The van der Waals surface area contributed by atoms with E-state index < -0.39 is 53.2 Å². The summed E-state index contributed by atoms with van der Waals surface area (Å²) >= 11 is 0. The number of anilines is 1. The number of hydrogen-bond acceptors (Lipinski definition) is 14. The molecule has 2 unspecified atom stereocenters. The van der Waals surface area contributed by atoms with E-state index in [1.807, 2.05) is 0 Å². The molecule has 0 aliphatic carbocycles. The van der Waals surface area contributed by atoms with Gasteiger partial charge in [-0.05, 0) is 25.0 Å². The van der Waals surface area contributed by atoms with Crippen LogP contribution in [0.15, 0.2) is 30.9 Å². The highest BCUT2D eigenvalue weighted by Gasteiger charge is 2.45. The van der Waals surface area contributed by atoms with Crippen LogP contribution in [0.25, 0.3) is 22.2 Å². The van der Waals surface area contributed by atoms with Crippen molar-refractivity contribution in [2.45, 2.75) is 50.0 Å². The minimum atomic E-state index is -2.89. The maximum Gasteiger partial charge on any atom is 0.697 e. The van der Waals surface area contributed by atoms with Crippen molar-refractivity contribution < 1.29 is 41.9 Å². The lowest BCUT2D eigenvalue weighted by Crippen LogP contribution is -2.27. The van der Waals surface area contributed by atoms with Crippen LogP contribution in [-0.4, -0.2) is 76.8 Å². The molecule has 0 saturated carbocycles. The van der Waals surface area contributed by atoms with E-state index in [1.165, 1.54) is 12.7 Å². The van der Waals surface area contributed by atoms with Gasteiger partial charge in [-0.15, -0.1) is 23.6 Å². The Morgan fingerprint density at radius 1 is 1.10 bits per heavy atom. The number of nitrogen functional groups attached to an aromatic ring is 1. The highest BCUT2D eigenvalue weighted by Crippen LogP contribution is 2.40. The van der Waals surface area contributed by atoms with E-state index in [1.54, 1.807) is 27.4 Å². The third kappa shape index (κ3) is 5.71. The summed E-state index contributed by atoms with van der Waals surface area (Å²) in [5.74, 6) is -0.410. The summed E-state index contributed by atoms with van der Waals surface area (Å²) in [5.41, 5.74) is 13.3. The van der Waals surface area contributed by atoms with Crippen LogP contribution in [0.4, 0.5) is 5.82 Å². The monoisotopic (exact) mass is 621 g/mol. The maximum atomic E-state index is 12.8. The molecule has 0 radical (unpaired) electrons. The number of nitrogens with zero attached hydrogens (tertiary/aromatic N) is 7. The second-order valence-electron chi connectivity index (χ2n) is 9.51. The molecule has 18 nitrogen and oxygen atoms in total. The van der Waals surface area contributed by atoms with Crippen molar-refractivity contribution >= 4 is 50.4 Å². The number of imidazole rings is 1. The summed E-state index contributed by atoms with van der Waals surface area (Å²) in [6.07, 6.45) is 0.890. The molecule has 3 aromatic heterocycles. The largest absolute Gasteiger partial charge is 0.697 e. The van der Waals surface area contributed by atoms with Gasteiger partial charge in [-0.2, -0.15) is 0 Å². The summed E-state index contributed by atoms with van der Waals surface area (Å²) in [5, 5.41) is 8.21. The third-order valence-corrected chi connectivity index (χ3v) is 8.11. The van der Waals surface area contributed by atoms with Gasteiger partial charge in [0.15, 0.2) is 17.7 Å². The minimum Gasteiger partial charge on any atom is -0.382 e. The second-order valence-corrected chi connectivity index (χ2v) is 11.2. The molecule has 2 aliphatic rings. The summed E-state index contributed by atoms with van der Waals surface area (Å²) in [4.78, 5) is 33.2. The molecular weight excluding hydrogens is 596 g/mol. The molecule has 0 spiro atoms. The molecule has 6 rings (SSSR count). The van der Waals surface area contributed by atoms with Gasteiger partial charge in [-0.25, -0.2) is 19.6 Å². The van der Waals surface area contributed by atoms with Crippen LogP contribution >= 0.6 is 16.5 Å². The molecule has 0 bridgehead atoms. The van der Waals surface area contributed by atoms with Gasteiger partial charge in [0.25, 0.3) is 5.91 Å². The average Bonchev–Trinajstić information content (AvgIpc) is 3.76. The van der Waals surface area contributed by atoms with E-state index in [4.69, 9.17) is 39.4 Å². The predicted octanol–water partition coefficient (Wildman–Crippen LogP) is 1.64. The molecule has 20 heteroatoms. The third-order valence-electron chi connectivity index (χ3n) is 6.94. The van der Waals surface area contributed by atoms with E-state index in [-0.39, 0.29) is 31.0 Å². The van der Waals surface area contributed by atoms with Crippen molar-refractivity contribution in [2.75, 3.05) is 18.9 Å². The van der Waals surface area contributed by atoms with Crippen molar-refractivity contribution in [3.8, 4) is 0 Å². The van der Waals surface area contributed by atoms with E-state index in [9.17, 15) is 13.9 Å². The molecule has 7 atom stereocenters. The fourth-order valence-corrected chi connectivity index (χ4v) is 6.06. The first-order valence-corrected chi connectivity index (χ1v) is 14.9. The Morgan fingerprint density at radius 3 is 2.76 bits per heavy atom. The van der Waals surface area contributed by atoms with Gasteiger partial charge in [0.1, 0.15) is 49.0 Å². The molecule has 4 aromatic rings. The number of carbonyl (C=O) groups excluding carboxylic acids is 1. The fraction of sp³-hybridized carbons (Fsp3) is 0.455.